The van der Waals surface area contributed by atoms with Gasteiger partial charge in [-0.1, -0.05) is 0 Å². The second-order valence-electron chi connectivity index (χ2n) is 2.05. The van der Waals surface area contributed by atoms with Crippen LogP contribution in [0.4, 0.5) is 5.69 Å². The number of phenols is 1. The molecule has 0 aromatic heterocycles. The molecule has 0 bridgehead atoms. The van der Waals surface area contributed by atoms with Gasteiger partial charge in [-0.3, -0.25) is 0 Å². The minimum Gasteiger partial charge on any atom is -0.508 e. The third kappa shape index (κ3) is 1.57. The molecule has 4 heteroatoms. The average molecular weight is 218 g/mol. The van der Waals surface area contributed by atoms with E-state index in [1.807, 2.05) is 0 Å². The zero-order valence-electron chi connectivity index (χ0n) is 5.97. The highest BCUT2D eigenvalue weighted by Gasteiger charge is 2.05. The first-order valence-corrected chi connectivity index (χ1v) is 3.76. The third-order valence-corrected chi connectivity index (χ3v) is 1.85. The van der Waals surface area contributed by atoms with Gasteiger partial charge in [-0.25, -0.2) is 0 Å². The van der Waals surface area contributed by atoms with E-state index in [2.05, 4.69) is 15.9 Å². The van der Waals surface area contributed by atoms with Gasteiger partial charge in [0.25, 0.3) is 0 Å². The first-order chi connectivity index (χ1) is 5.15. The highest BCUT2D eigenvalue weighted by atomic mass is 79.9. The van der Waals surface area contributed by atoms with Gasteiger partial charge >= 0.3 is 0 Å². The van der Waals surface area contributed by atoms with Crippen molar-refractivity contribution in [1.29, 1.82) is 0 Å². The van der Waals surface area contributed by atoms with E-state index in [1.165, 1.54) is 19.2 Å². The van der Waals surface area contributed by atoms with Gasteiger partial charge in [-0.2, -0.15) is 0 Å². The van der Waals surface area contributed by atoms with Crippen LogP contribution in [-0.2, 0) is 0 Å². The summed E-state index contributed by atoms with van der Waals surface area (Å²) in [7, 11) is 1.52. The molecular weight excluding hydrogens is 210 g/mol. The summed E-state index contributed by atoms with van der Waals surface area (Å²) in [5.74, 6) is 0.665. The first kappa shape index (κ1) is 8.20. The van der Waals surface area contributed by atoms with Crippen molar-refractivity contribution in [1.82, 2.24) is 0 Å². The van der Waals surface area contributed by atoms with Gasteiger partial charge in [0.2, 0.25) is 0 Å². The van der Waals surface area contributed by atoms with Crippen LogP contribution in [-0.4, -0.2) is 12.2 Å². The Hall–Kier alpha value is -0.900. The molecule has 3 nitrogen and oxygen atoms in total. The number of nitrogen functional groups attached to an aromatic ring is 1. The van der Waals surface area contributed by atoms with Crippen LogP contribution in [0.5, 0.6) is 11.5 Å². The van der Waals surface area contributed by atoms with Crippen LogP contribution in [0.25, 0.3) is 0 Å². The predicted octanol–water partition coefficient (Wildman–Crippen LogP) is 1.75. The molecule has 1 rings (SSSR count). The Morgan fingerprint density at radius 2 is 2.18 bits per heavy atom. The van der Waals surface area contributed by atoms with Crippen LogP contribution < -0.4 is 10.5 Å². The summed E-state index contributed by atoms with van der Waals surface area (Å²) in [6.45, 7) is 0. The molecular formula is C7H8BrNO2. The molecule has 11 heavy (non-hydrogen) atoms. The van der Waals surface area contributed by atoms with E-state index < -0.39 is 0 Å². The van der Waals surface area contributed by atoms with Crippen LogP contribution in [0.2, 0.25) is 0 Å². The fourth-order valence-electron chi connectivity index (χ4n) is 0.815. The highest BCUT2D eigenvalue weighted by Crippen LogP contribution is 2.34. The molecule has 0 atom stereocenters. The molecule has 60 valence electrons. The van der Waals surface area contributed by atoms with Gasteiger partial charge in [-0.05, 0) is 22.0 Å². The number of anilines is 1. The van der Waals surface area contributed by atoms with Gasteiger partial charge in [0.15, 0.2) is 5.75 Å². The molecule has 1 aromatic rings. The number of benzene rings is 1. The number of rotatable bonds is 1. The molecule has 1 aromatic carbocycles. The molecule has 0 spiro atoms. The van der Waals surface area contributed by atoms with E-state index in [-0.39, 0.29) is 5.75 Å². The number of hydrogen-bond acceptors (Lipinski definition) is 3. The molecule has 0 aliphatic heterocycles. The van der Waals surface area contributed by atoms with Crippen molar-refractivity contribution in [2.75, 3.05) is 12.8 Å². The van der Waals surface area contributed by atoms with Crippen molar-refractivity contribution in [3.63, 3.8) is 0 Å². The molecule has 0 aliphatic carbocycles. The SMILES string of the molecule is COc1c(N)cc(O)cc1Br. The molecule has 0 amide bonds. The Bertz CT molecular complexity index is 252. The zero-order chi connectivity index (χ0) is 8.43. The summed E-state index contributed by atoms with van der Waals surface area (Å²) in [5.41, 5.74) is 5.93. The van der Waals surface area contributed by atoms with E-state index in [0.29, 0.717) is 15.9 Å². The molecule has 0 aliphatic rings. The number of halogens is 1. The maximum Gasteiger partial charge on any atom is 0.156 e. The van der Waals surface area contributed by atoms with E-state index in [4.69, 9.17) is 15.6 Å². The van der Waals surface area contributed by atoms with Crippen molar-refractivity contribution < 1.29 is 9.84 Å². The number of ether oxygens (including phenoxy) is 1. The maximum atomic E-state index is 9.05. The van der Waals surface area contributed by atoms with Crippen molar-refractivity contribution in [2.45, 2.75) is 0 Å². The van der Waals surface area contributed by atoms with E-state index in [9.17, 15) is 0 Å². The fourth-order valence-corrected chi connectivity index (χ4v) is 1.44. The second kappa shape index (κ2) is 3.00. The summed E-state index contributed by atoms with van der Waals surface area (Å²) >= 11 is 3.19. The van der Waals surface area contributed by atoms with Crippen molar-refractivity contribution in [3.8, 4) is 11.5 Å². The van der Waals surface area contributed by atoms with Crippen molar-refractivity contribution >= 4 is 21.6 Å². The standard InChI is InChI=1S/C7H8BrNO2/c1-11-7-5(8)2-4(10)3-6(7)9/h2-3,10H,9H2,1H3. The zero-order valence-corrected chi connectivity index (χ0v) is 7.55. The first-order valence-electron chi connectivity index (χ1n) is 2.97. The lowest BCUT2D eigenvalue weighted by molar-refractivity contribution is 0.412. The Morgan fingerprint density at radius 1 is 1.55 bits per heavy atom. The lowest BCUT2D eigenvalue weighted by atomic mass is 10.3. The van der Waals surface area contributed by atoms with E-state index in [0.717, 1.165) is 0 Å². The summed E-state index contributed by atoms with van der Waals surface area (Å²) in [4.78, 5) is 0. The normalized spacial score (nSPS) is 9.64. The predicted molar refractivity (Wildman–Crippen MR) is 46.8 cm³/mol. The third-order valence-electron chi connectivity index (χ3n) is 1.26. The number of aromatic hydroxyl groups is 1. The lowest BCUT2D eigenvalue weighted by Crippen LogP contribution is -1.92. The van der Waals surface area contributed by atoms with Crippen LogP contribution in [0.3, 0.4) is 0 Å². The minimum absolute atomic E-state index is 0.121. The minimum atomic E-state index is 0.121. The summed E-state index contributed by atoms with van der Waals surface area (Å²) in [5, 5.41) is 9.05. The van der Waals surface area contributed by atoms with Gasteiger partial charge in [0.05, 0.1) is 17.3 Å². The van der Waals surface area contributed by atoms with E-state index >= 15 is 0 Å². The number of phenolic OH excluding ortho intramolecular Hbond substituents is 1. The molecule has 0 saturated heterocycles. The maximum absolute atomic E-state index is 9.05. The average Bonchev–Trinajstić information content (AvgIpc) is 1.85. The van der Waals surface area contributed by atoms with Crippen LogP contribution in [0, 0.1) is 0 Å². The van der Waals surface area contributed by atoms with Gasteiger partial charge < -0.3 is 15.6 Å². The Kier molecular flexibility index (Phi) is 2.24. The molecule has 0 fully saturated rings. The topological polar surface area (TPSA) is 55.5 Å². The van der Waals surface area contributed by atoms with Crippen LogP contribution in [0.1, 0.15) is 0 Å². The fraction of sp³-hybridized carbons (Fsp3) is 0.143. The lowest BCUT2D eigenvalue weighted by Gasteiger charge is -2.06. The Morgan fingerprint density at radius 3 is 2.64 bits per heavy atom. The van der Waals surface area contributed by atoms with Crippen LogP contribution in [0.15, 0.2) is 16.6 Å². The number of nitrogens with two attached hydrogens (primary N) is 1. The number of hydrogen-bond donors (Lipinski definition) is 2. The molecule has 0 unspecified atom stereocenters. The summed E-state index contributed by atoms with van der Waals surface area (Å²) in [6, 6.07) is 2.96. The Balaban J connectivity index is 3.25. The molecule has 0 saturated carbocycles. The summed E-state index contributed by atoms with van der Waals surface area (Å²) < 4.78 is 5.60. The van der Waals surface area contributed by atoms with Gasteiger partial charge in [0.1, 0.15) is 5.75 Å². The molecule has 0 heterocycles. The van der Waals surface area contributed by atoms with Crippen molar-refractivity contribution in [3.05, 3.63) is 16.6 Å². The van der Waals surface area contributed by atoms with E-state index in [1.54, 1.807) is 0 Å². The molecule has 3 N–H and O–H groups in total. The number of methoxy groups -OCH3 is 1. The molecule has 0 radical (unpaired) electrons. The smallest absolute Gasteiger partial charge is 0.156 e. The quantitative estimate of drug-likeness (QED) is 0.706. The van der Waals surface area contributed by atoms with Crippen LogP contribution >= 0.6 is 15.9 Å². The monoisotopic (exact) mass is 217 g/mol. The highest BCUT2D eigenvalue weighted by molar-refractivity contribution is 9.10. The Labute approximate surface area is 72.9 Å². The second-order valence-corrected chi connectivity index (χ2v) is 2.90. The van der Waals surface area contributed by atoms with Gasteiger partial charge in [0, 0.05) is 6.07 Å². The summed E-state index contributed by atoms with van der Waals surface area (Å²) in [6.07, 6.45) is 0. The van der Waals surface area contributed by atoms with Gasteiger partial charge in [-0.15, -0.1) is 0 Å². The van der Waals surface area contributed by atoms with Crippen molar-refractivity contribution in [2.24, 2.45) is 0 Å². The largest absolute Gasteiger partial charge is 0.508 e.